The van der Waals surface area contributed by atoms with Crippen molar-refractivity contribution in [2.45, 2.75) is 77.7 Å². The third-order valence-corrected chi connectivity index (χ3v) is 8.57. The fourth-order valence-electron chi connectivity index (χ4n) is 7.36. The van der Waals surface area contributed by atoms with Crippen LogP contribution < -0.4 is 5.73 Å². The van der Waals surface area contributed by atoms with Crippen molar-refractivity contribution in [1.29, 1.82) is 0 Å². The van der Waals surface area contributed by atoms with Crippen molar-refractivity contribution >= 4 is 17.5 Å². The fourth-order valence-corrected chi connectivity index (χ4v) is 7.36. The normalized spacial score (nSPS) is 37.2. The van der Waals surface area contributed by atoms with E-state index in [0.717, 1.165) is 57.4 Å². The van der Waals surface area contributed by atoms with Crippen LogP contribution in [0.4, 0.5) is 0 Å². The molecule has 2 N–H and O–H groups in total. The topological polar surface area (TPSA) is 95.7 Å². The van der Waals surface area contributed by atoms with Crippen LogP contribution in [0.2, 0.25) is 0 Å². The number of allylic oxidation sites excluding steroid dienone is 2. The van der Waals surface area contributed by atoms with E-state index in [4.69, 9.17) is 15.2 Å². The van der Waals surface area contributed by atoms with E-state index in [2.05, 4.69) is 6.92 Å². The summed E-state index contributed by atoms with van der Waals surface area (Å²) in [5.74, 6) is 2.10. The molecule has 0 aromatic heterocycles. The highest BCUT2D eigenvalue weighted by molar-refractivity contribution is 5.91. The first kappa shape index (κ1) is 22.1. The lowest BCUT2D eigenvalue weighted by molar-refractivity contribution is -0.164. The van der Waals surface area contributed by atoms with E-state index in [1.165, 1.54) is 12.5 Å². The minimum Gasteiger partial charge on any atom is -0.467 e. The van der Waals surface area contributed by atoms with Gasteiger partial charge < -0.3 is 15.2 Å². The van der Waals surface area contributed by atoms with Gasteiger partial charge >= 0.3 is 5.97 Å². The van der Waals surface area contributed by atoms with Crippen LogP contribution in [0.1, 0.15) is 71.6 Å². The van der Waals surface area contributed by atoms with E-state index in [0.29, 0.717) is 35.9 Å². The summed E-state index contributed by atoms with van der Waals surface area (Å²) in [5.41, 5.74) is 7.05. The van der Waals surface area contributed by atoms with Crippen molar-refractivity contribution in [3.05, 3.63) is 23.6 Å². The highest BCUT2D eigenvalue weighted by Gasteiger charge is 2.58. The molecule has 3 saturated carbocycles. The fraction of sp³-hybridized carbons (Fsp3) is 0.720. The maximum atomic E-state index is 12.5. The number of esters is 1. The van der Waals surface area contributed by atoms with Crippen molar-refractivity contribution in [2.24, 2.45) is 34.8 Å². The number of fused-ring (bicyclic) bond motifs is 5. The summed E-state index contributed by atoms with van der Waals surface area (Å²) < 4.78 is 11.1. The van der Waals surface area contributed by atoms with Crippen molar-refractivity contribution in [2.75, 3.05) is 6.61 Å². The zero-order chi connectivity index (χ0) is 22.2. The van der Waals surface area contributed by atoms with Gasteiger partial charge in [0, 0.05) is 17.9 Å². The molecule has 4 aliphatic carbocycles. The number of nitrogens with two attached hydrogens (primary N) is 1. The highest BCUT2D eigenvalue weighted by Crippen LogP contribution is 2.63. The van der Waals surface area contributed by atoms with Crippen LogP contribution in [0.25, 0.3) is 0 Å². The Morgan fingerprint density at radius 3 is 2.71 bits per heavy atom. The van der Waals surface area contributed by atoms with Crippen LogP contribution in [-0.4, -0.2) is 30.2 Å². The molecule has 3 fully saturated rings. The molecule has 0 aliphatic heterocycles. The first-order valence-corrected chi connectivity index (χ1v) is 11.9. The van der Waals surface area contributed by atoms with Crippen LogP contribution in [0.3, 0.4) is 0 Å². The van der Waals surface area contributed by atoms with Gasteiger partial charge in [-0.05, 0) is 88.0 Å². The average Bonchev–Trinajstić information content (AvgIpc) is 3.10. The van der Waals surface area contributed by atoms with Gasteiger partial charge in [-0.3, -0.25) is 9.59 Å². The average molecular weight is 430 g/mol. The molecular formula is C25H35NO5. The number of hydrogen-bond donors (Lipinski definition) is 1. The third-order valence-electron chi connectivity index (χ3n) is 8.57. The molecule has 6 heteroatoms. The van der Waals surface area contributed by atoms with E-state index in [1.54, 1.807) is 0 Å². The molecule has 170 valence electrons. The summed E-state index contributed by atoms with van der Waals surface area (Å²) in [6, 6.07) is 0. The number of ketones is 2. The molecule has 6 nitrogen and oxygen atoms in total. The molecule has 6 unspecified atom stereocenters. The van der Waals surface area contributed by atoms with Gasteiger partial charge in [0.15, 0.2) is 24.1 Å². The SMILES string of the molecule is CCC12CCC3C4CCC(=O)C=C4CCC3C1CCC2OC(=O)COC(N)=CC(C)=O. The second-order valence-electron chi connectivity index (χ2n) is 9.93. The predicted molar refractivity (Wildman–Crippen MR) is 115 cm³/mol. The Kier molecular flexibility index (Phi) is 6.27. The molecular weight excluding hydrogens is 394 g/mol. The van der Waals surface area contributed by atoms with Crippen LogP contribution >= 0.6 is 0 Å². The molecule has 0 spiro atoms. The quantitative estimate of drug-likeness (QED) is 0.392. The number of carbonyl (C=O) groups is 3. The lowest BCUT2D eigenvalue weighted by atomic mass is 9.51. The van der Waals surface area contributed by atoms with Gasteiger partial charge in [0.2, 0.25) is 0 Å². The van der Waals surface area contributed by atoms with Gasteiger partial charge in [0.05, 0.1) is 0 Å². The number of ether oxygens (including phenoxy) is 2. The van der Waals surface area contributed by atoms with Crippen molar-refractivity contribution < 1.29 is 23.9 Å². The molecule has 6 atom stereocenters. The van der Waals surface area contributed by atoms with Crippen LogP contribution in [0.5, 0.6) is 0 Å². The molecule has 0 saturated heterocycles. The second kappa shape index (κ2) is 8.79. The van der Waals surface area contributed by atoms with Gasteiger partial charge in [0.25, 0.3) is 0 Å². The van der Waals surface area contributed by atoms with Crippen LogP contribution in [0.15, 0.2) is 23.6 Å². The maximum absolute atomic E-state index is 12.5. The summed E-state index contributed by atoms with van der Waals surface area (Å²) in [6.07, 6.45) is 12.2. The number of rotatable bonds is 6. The molecule has 0 amide bonds. The Bertz CT molecular complexity index is 815. The minimum absolute atomic E-state index is 0.0449. The van der Waals surface area contributed by atoms with Gasteiger partial charge in [-0.25, -0.2) is 4.79 Å². The lowest BCUT2D eigenvalue weighted by Gasteiger charge is -2.54. The monoisotopic (exact) mass is 429 g/mol. The largest absolute Gasteiger partial charge is 0.467 e. The molecule has 4 aliphatic rings. The molecule has 0 aromatic rings. The zero-order valence-corrected chi connectivity index (χ0v) is 18.7. The highest BCUT2D eigenvalue weighted by atomic mass is 16.6. The predicted octanol–water partition coefficient (Wildman–Crippen LogP) is 3.84. The first-order valence-electron chi connectivity index (χ1n) is 11.9. The molecule has 0 bridgehead atoms. The van der Waals surface area contributed by atoms with E-state index < -0.39 is 5.97 Å². The van der Waals surface area contributed by atoms with Crippen LogP contribution in [0, 0.1) is 29.1 Å². The van der Waals surface area contributed by atoms with Gasteiger partial charge in [0.1, 0.15) is 6.10 Å². The second-order valence-corrected chi connectivity index (χ2v) is 9.93. The zero-order valence-electron chi connectivity index (χ0n) is 18.7. The van der Waals surface area contributed by atoms with Gasteiger partial charge in [-0.15, -0.1) is 0 Å². The summed E-state index contributed by atoms with van der Waals surface area (Å²) in [4.78, 5) is 35.4. The Morgan fingerprint density at radius 1 is 1.16 bits per heavy atom. The van der Waals surface area contributed by atoms with Gasteiger partial charge in [-0.1, -0.05) is 12.5 Å². The van der Waals surface area contributed by atoms with E-state index in [1.807, 2.05) is 6.08 Å². The van der Waals surface area contributed by atoms with Gasteiger partial charge in [-0.2, -0.15) is 0 Å². The summed E-state index contributed by atoms with van der Waals surface area (Å²) in [5, 5.41) is 0. The lowest BCUT2D eigenvalue weighted by Crippen LogP contribution is -2.49. The van der Waals surface area contributed by atoms with E-state index in [-0.39, 0.29) is 29.8 Å². The van der Waals surface area contributed by atoms with E-state index in [9.17, 15) is 14.4 Å². The smallest absolute Gasteiger partial charge is 0.344 e. The number of hydrogen-bond acceptors (Lipinski definition) is 6. The molecule has 0 radical (unpaired) electrons. The summed E-state index contributed by atoms with van der Waals surface area (Å²) >= 11 is 0. The minimum atomic E-state index is -0.417. The number of carbonyl (C=O) groups excluding carboxylic acids is 3. The summed E-state index contributed by atoms with van der Waals surface area (Å²) in [7, 11) is 0. The first-order chi connectivity index (χ1) is 14.8. The molecule has 0 heterocycles. The standard InChI is InChI=1S/C25H35NO5/c1-3-25-11-10-19-18-7-5-17(28)13-16(18)4-6-20(19)21(25)8-9-22(25)31-24(29)14-30-23(26)12-15(2)27/h12-13,18-22H,3-11,14,26H2,1-2H3. The third kappa shape index (κ3) is 4.18. The summed E-state index contributed by atoms with van der Waals surface area (Å²) in [6.45, 7) is 3.34. The van der Waals surface area contributed by atoms with E-state index >= 15 is 0 Å². The molecule has 4 rings (SSSR count). The Labute approximate surface area is 184 Å². The Balaban J connectivity index is 1.43. The van der Waals surface area contributed by atoms with Crippen LogP contribution in [-0.2, 0) is 23.9 Å². The maximum Gasteiger partial charge on any atom is 0.344 e. The van der Waals surface area contributed by atoms with Crippen molar-refractivity contribution in [1.82, 2.24) is 0 Å². The Morgan fingerprint density at radius 2 is 1.97 bits per heavy atom. The van der Waals surface area contributed by atoms with Crippen molar-refractivity contribution in [3.63, 3.8) is 0 Å². The Hall–Kier alpha value is -2.11. The van der Waals surface area contributed by atoms with Crippen molar-refractivity contribution in [3.8, 4) is 0 Å². The molecule has 0 aromatic carbocycles. The molecule has 31 heavy (non-hydrogen) atoms.